The minimum absolute atomic E-state index is 0.000415. The molecule has 0 saturated carbocycles. The van der Waals surface area contributed by atoms with Gasteiger partial charge in [0, 0.05) is 36.1 Å². The zero-order chi connectivity index (χ0) is 20.3. The number of ether oxygens (including phenoxy) is 1. The highest BCUT2D eigenvalue weighted by Gasteiger charge is 2.42. The maximum absolute atomic E-state index is 12.4. The topological polar surface area (TPSA) is 100 Å². The van der Waals surface area contributed by atoms with E-state index in [-0.39, 0.29) is 28.7 Å². The molecule has 0 aliphatic carbocycles. The van der Waals surface area contributed by atoms with Crippen LogP contribution in [0.3, 0.4) is 0 Å². The Hall–Kier alpha value is -1.62. The molecule has 29 heavy (non-hydrogen) atoms. The summed E-state index contributed by atoms with van der Waals surface area (Å²) in [5, 5.41) is 6.92. The number of nitrogens with one attached hydrogen (secondary N) is 2. The maximum atomic E-state index is 12.4. The Balaban J connectivity index is 1.25. The number of hydrogen-bond acceptors (Lipinski definition) is 8. The summed E-state index contributed by atoms with van der Waals surface area (Å²) in [6.45, 7) is 5.07. The van der Waals surface area contributed by atoms with Crippen molar-refractivity contribution in [3.05, 3.63) is 29.8 Å². The summed E-state index contributed by atoms with van der Waals surface area (Å²) < 4.78 is 28.7. The minimum Gasteiger partial charge on any atom is -0.379 e. The molecule has 2 atom stereocenters. The second-order valence-electron chi connectivity index (χ2n) is 7.50. The monoisotopic (exact) mass is 438 g/mol. The van der Waals surface area contributed by atoms with E-state index in [1.165, 1.54) is 11.8 Å². The van der Waals surface area contributed by atoms with Crippen LogP contribution in [-0.4, -0.2) is 86.6 Å². The van der Waals surface area contributed by atoms with E-state index in [0.29, 0.717) is 12.1 Å². The smallest absolute Gasteiger partial charge is 0.251 e. The number of sulfone groups is 1. The van der Waals surface area contributed by atoms with Gasteiger partial charge in [0.2, 0.25) is 0 Å². The first-order valence-corrected chi connectivity index (χ1v) is 12.6. The average molecular weight is 439 g/mol. The normalized spacial score (nSPS) is 26.0. The third-order valence-electron chi connectivity index (χ3n) is 5.23. The van der Waals surface area contributed by atoms with Gasteiger partial charge in [0.25, 0.3) is 5.91 Å². The third kappa shape index (κ3) is 5.50. The van der Waals surface area contributed by atoms with Crippen molar-refractivity contribution in [1.29, 1.82) is 0 Å². The van der Waals surface area contributed by atoms with Crippen molar-refractivity contribution in [2.45, 2.75) is 17.7 Å². The van der Waals surface area contributed by atoms with Gasteiger partial charge in [0.15, 0.2) is 15.0 Å². The third-order valence-corrected chi connectivity index (χ3v) is 8.38. The van der Waals surface area contributed by atoms with E-state index in [0.717, 1.165) is 50.1 Å². The lowest BCUT2D eigenvalue weighted by atomic mass is 10.2. The van der Waals surface area contributed by atoms with Crippen LogP contribution >= 0.6 is 11.8 Å². The molecule has 0 spiro atoms. The predicted molar refractivity (Wildman–Crippen MR) is 116 cm³/mol. The van der Waals surface area contributed by atoms with Crippen LogP contribution in [0, 0.1) is 0 Å². The highest BCUT2D eigenvalue weighted by atomic mass is 32.2. The number of carbonyl (C=O) groups excluding carboxylic acids is 1. The molecular weight excluding hydrogens is 412 g/mol. The number of aliphatic imine (C=N–C) groups is 1. The van der Waals surface area contributed by atoms with Crippen molar-refractivity contribution in [2.75, 3.05) is 56.2 Å². The first kappa shape index (κ1) is 20.6. The Bertz CT molecular complexity index is 884. The molecule has 3 heterocycles. The lowest BCUT2D eigenvalue weighted by Crippen LogP contribution is -2.38. The van der Waals surface area contributed by atoms with Crippen molar-refractivity contribution in [2.24, 2.45) is 4.99 Å². The number of carbonyl (C=O) groups is 1. The van der Waals surface area contributed by atoms with Gasteiger partial charge < -0.3 is 15.4 Å². The molecule has 0 unspecified atom stereocenters. The molecule has 2 N–H and O–H groups in total. The van der Waals surface area contributed by atoms with E-state index in [4.69, 9.17) is 4.74 Å². The number of thioether (sulfide) groups is 1. The molecule has 158 valence electrons. The number of morpholine rings is 1. The van der Waals surface area contributed by atoms with E-state index >= 15 is 0 Å². The van der Waals surface area contributed by atoms with E-state index in [1.54, 1.807) is 12.1 Å². The van der Waals surface area contributed by atoms with Gasteiger partial charge >= 0.3 is 0 Å². The number of amides is 1. The van der Waals surface area contributed by atoms with Crippen molar-refractivity contribution >= 4 is 38.4 Å². The lowest BCUT2D eigenvalue weighted by molar-refractivity contribution is 0.0374. The van der Waals surface area contributed by atoms with Crippen LogP contribution < -0.4 is 10.6 Å². The molecule has 0 radical (unpaired) electrons. The predicted octanol–water partition coefficient (Wildman–Crippen LogP) is 0.819. The fourth-order valence-corrected chi connectivity index (χ4v) is 7.39. The lowest BCUT2D eigenvalue weighted by Gasteiger charge is -2.26. The second kappa shape index (κ2) is 9.03. The highest BCUT2D eigenvalue weighted by molar-refractivity contribution is 8.15. The molecule has 8 nitrogen and oxygen atoms in total. The van der Waals surface area contributed by atoms with Gasteiger partial charge in [-0.3, -0.25) is 14.7 Å². The molecule has 1 aromatic rings. The van der Waals surface area contributed by atoms with Crippen LogP contribution in [0.25, 0.3) is 0 Å². The summed E-state index contributed by atoms with van der Waals surface area (Å²) >= 11 is 1.47. The standard InChI is InChI=1S/C19H26N4O4S2/c24-18(20-5-2-6-23-7-9-27-10-8-23)14-3-1-4-15(11-14)21-19-22-16-12-29(25,26)13-17(16)28-19/h1,3-4,11,16-17H,2,5-10,12-13H2,(H,20,24)(H,21,22)/t16-,17-/m1/s1. The van der Waals surface area contributed by atoms with Gasteiger partial charge in [0.1, 0.15) is 0 Å². The SMILES string of the molecule is O=C(NCCCN1CCOCC1)c1cccc(NC2=N[C@@H]3CS(=O)(=O)C[C@H]3S2)c1. The zero-order valence-electron chi connectivity index (χ0n) is 16.2. The summed E-state index contributed by atoms with van der Waals surface area (Å²) in [6.07, 6.45) is 0.906. The number of amidine groups is 1. The first-order valence-electron chi connectivity index (χ1n) is 9.89. The summed E-state index contributed by atoms with van der Waals surface area (Å²) in [6, 6.07) is 7.13. The molecule has 4 rings (SSSR count). The Kier molecular flexibility index (Phi) is 6.43. The number of benzene rings is 1. The Morgan fingerprint density at radius 3 is 2.90 bits per heavy atom. The van der Waals surface area contributed by atoms with Crippen LogP contribution in [-0.2, 0) is 14.6 Å². The van der Waals surface area contributed by atoms with E-state index < -0.39 is 9.84 Å². The van der Waals surface area contributed by atoms with Crippen LogP contribution in [0.4, 0.5) is 5.69 Å². The maximum Gasteiger partial charge on any atom is 0.251 e. The molecule has 1 aromatic carbocycles. The Morgan fingerprint density at radius 2 is 2.10 bits per heavy atom. The fourth-order valence-electron chi connectivity index (χ4n) is 3.71. The van der Waals surface area contributed by atoms with E-state index in [2.05, 4.69) is 20.5 Å². The van der Waals surface area contributed by atoms with Crippen molar-refractivity contribution in [3.8, 4) is 0 Å². The van der Waals surface area contributed by atoms with Crippen LogP contribution in [0.15, 0.2) is 29.3 Å². The van der Waals surface area contributed by atoms with Gasteiger partial charge in [-0.1, -0.05) is 17.8 Å². The van der Waals surface area contributed by atoms with Gasteiger partial charge in [-0.15, -0.1) is 0 Å². The quantitative estimate of drug-likeness (QED) is 0.634. The van der Waals surface area contributed by atoms with Crippen LogP contribution in [0.2, 0.25) is 0 Å². The number of rotatable bonds is 6. The average Bonchev–Trinajstić information content (AvgIpc) is 3.18. The van der Waals surface area contributed by atoms with Crippen LogP contribution in [0.5, 0.6) is 0 Å². The summed E-state index contributed by atoms with van der Waals surface area (Å²) in [5.74, 6) is 0.215. The molecule has 2 saturated heterocycles. The van der Waals surface area contributed by atoms with Crippen molar-refractivity contribution in [1.82, 2.24) is 10.2 Å². The minimum atomic E-state index is -2.96. The summed E-state index contributed by atoms with van der Waals surface area (Å²) in [4.78, 5) is 19.3. The number of nitrogens with zero attached hydrogens (tertiary/aromatic N) is 2. The van der Waals surface area contributed by atoms with Gasteiger partial charge in [-0.05, 0) is 31.2 Å². The summed E-state index contributed by atoms with van der Waals surface area (Å²) in [7, 11) is -2.96. The van der Waals surface area contributed by atoms with Crippen molar-refractivity contribution < 1.29 is 17.9 Å². The van der Waals surface area contributed by atoms with Gasteiger partial charge in [-0.25, -0.2) is 8.42 Å². The van der Waals surface area contributed by atoms with Gasteiger partial charge in [-0.2, -0.15) is 0 Å². The molecule has 3 aliphatic heterocycles. The number of fused-ring (bicyclic) bond motifs is 1. The molecular formula is C19H26N4O4S2. The first-order chi connectivity index (χ1) is 14.0. The highest BCUT2D eigenvalue weighted by Crippen LogP contribution is 2.34. The molecule has 0 bridgehead atoms. The molecule has 10 heteroatoms. The van der Waals surface area contributed by atoms with E-state index in [1.807, 2.05) is 12.1 Å². The molecule has 3 aliphatic rings. The number of hydrogen-bond donors (Lipinski definition) is 2. The zero-order valence-corrected chi connectivity index (χ0v) is 17.8. The largest absolute Gasteiger partial charge is 0.379 e. The fraction of sp³-hybridized carbons (Fsp3) is 0.579. The summed E-state index contributed by atoms with van der Waals surface area (Å²) in [5.41, 5.74) is 1.37. The molecule has 1 amide bonds. The molecule has 0 aromatic heterocycles. The molecule has 2 fully saturated rings. The number of anilines is 1. The van der Waals surface area contributed by atoms with Crippen molar-refractivity contribution in [3.63, 3.8) is 0 Å². The van der Waals surface area contributed by atoms with Crippen LogP contribution in [0.1, 0.15) is 16.8 Å². The van der Waals surface area contributed by atoms with E-state index in [9.17, 15) is 13.2 Å². The Labute approximate surface area is 175 Å². The Morgan fingerprint density at radius 1 is 1.28 bits per heavy atom. The second-order valence-corrected chi connectivity index (χ2v) is 10.9. The van der Waals surface area contributed by atoms with Gasteiger partial charge in [0.05, 0.1) is 30.8 Å².